The van der Waals surface area contributed by atoms with E-state index in [1.165, 1.54) is 10.8 Å². The van der Waals surface area contributed by atoms with Gasteiger partial charge in [-0.1, -0.05) is 0 Å². The number of pyridine rings is 1. The predicted octanol–water partition coefficient (Wildman–Crippen LogP) is 3.33. The van der Waals surface area contributed by atoms with Gasteiger partial charge in [-0.3, -0.25) is 4.98 Å². The average Bonchev–Trinajstić information content (AvgIpc) is 2.17. The summed E-state index contributed by atoms with van der Waals surface area (Å²) in [6.45, 7) is 6.08. The molecule has 0 aliphatic heterocycles. The quantitative estimate of drug-likeness (QED) is 0.743. The number of rotatable bonds is 2. The van der Waals surface area contributed by atoms with E-state index in [1.807, 2.05) is 39.1 Å². The molecule has 2 rings (SSSR count). The lowest BCUT2D eigenvalue weighted by Gasteiger charge is -2.10. The van der Waals surface area contributed by atoms with E-state index in [1.54, 1.807) is 0 Å². The molecule has 0 radical (unpaired) electrons. The summed E-state index contributed by atoms with van der Waals surface area (Å²) in [5.74, 6) is 0.920. The second kappa shape index (κ2) is 3.89. The zero-order valence-corrected chi connectivity index (χ0v) is 9.32. The van der Waals surface area contributed by atoms with Crippen molar-refractivity contribution in [2.24, 2.45) is 0 Å². The molecular formula is C13H15NO. The molecule has 2 aromatic rings. The van der Waals surface area contributed by atoms with Crippen molar-refractivity contribution in [2.45, 2.75) is 26.9 Å². The largest absolute Gasteiger partial charge is 0.491 e. The lowest BCUT2D eigenvalue weighted by atomic mass is 10.1. The lowest BCUT2D eigenvalue weighted by Crippen LogP contribution is -2.05. The number of fused-ring (bicyclic) bond motifs is 1. The number of aromatic nitrogens is 1. The van der Waals surface area contributed by atoms with E-state index in [9.17, 15) is 0 Å². The van der Waals surface area contributed by atoms with E-state index in [-0.39, 0.29) is 6.10 Å². The third-order valence-corrected chi connectivity index (χ3v) is 2.31. The van der Waals surface area contributed by atoms with Crippen LogP contribution >= 0.6 is 0 Å². The zero-order valence-electron chi connectivity index (χ0n) is 9.32. The van der Waals surface area contributed by atoms with E-state index in [0.29, 0.717) is 0 Å². The van der Waals surface area contributed by atoms with Crippen molar-refractivity contribution in [3.63, 3.8) is 0 Å². The van der Waals surface area contributed by atoms with Gasteiger partial charge in [-0.05, 0) is 50.4 Å². The topological polar surface area (TPSA) is 22.1 Å². The van der Waals surface area contributed by atoms with Gasteiger partial charge < -0.3 is 4.74 Å². The minimum Gasteiger partial charge on any atom is -0.491 e. The molecule has 0 N–H and O–H groups in total. The molecule has 0 fully saturated rings. The lowest BCUT2D eigenvalue weighted by molar-refractivity contribution is 0.243. The summed E-state index contributed by atoms with van der Waals surface area (Å²) >= 11 is 0. The smallest absolute Gasteiger partial charge is 0.120 e. The Morgan fingerprint density at radius 1 is 1.20 bits per heavy atom. The van der Waals surface area contributed by atoms with Crippen LogP contribution in [0.15, 0.2) is 30.5 Å². The standard InChI is InChI=1S/C13H15NO/c1-9(2)15-12-4-5-13-10(3)14-7-6-11(13)8-12/h4-9H,1-3H3. The van der Waals surface area contributed by atoms with Crippen LogP contribution in [-0.2, 0) is 0 Å². The molecule has 1 heterocycles. The Labute approximate surface area is 89.9 Å². The highest BCUT2D eigenvalue weighted by atomic mass is 16.5. The Morgan fingerprint density at radius 3 is 2.73 bits per heavy atom. The fourth-order valence-corrected chi connectivity index (χ4v) is 1.65. The molecule has 0 spiro atoms. The Morgan fingerprint density at radius 2 is 2.00 bits per heavy atom. The number of aryl methyl sites for hydroxylation is 1. The minimum absolute atomic E-state index is 0.213. The van der Waals surface area contributed by atoms with E-state index < -0.39 is 0 Å². The van der Waals surface area contributed by atoms with Crippen molar-refractivity contribution < 1.29 is 4.74 Å². The van der Waals surface area contributed by atoms with Gasteiger partial charge in [-0.15, -0.1) is 0 Å². The van der Waals surface area contributed by atoms with Gasteiger partial charge in [0.1, 0.15) is 5.75 Å². The van der Waals surface area contributed by atoms with Gasteiger partial charge in [-0.2, -0.15) is 0 Å². The molecule has 2 nitrogen and oxygen atoms in total. The molecule has 1 aromatic heterocycles. The second-order valence-electron chi connectivity index (χ2n) is 3.95. The van der Waals surface area contributed by atoms with Crippen LogP contribution in [0.1, 0.15) is 19.5 Å². The van der Waals surface area contributed by atoms with Gasteiger partial charge in [0.2, 0.25) is 0 Å². The average molecular weight is 201 g/mol. The highest BCUT2D eigenvalue weighted by Gasteiger charge is 2.01. The van der Waals surface area contributed by atoms with Crippen LogP contribution in [-0.4, -0.2) is 11.1 Å². The monoisotopic (exact) mass is 201 g/mol. The first-order chi connectivity index (χ1) is 7.16. The molecule has 0 aliphatic carbocycles. The molecule has 2 heteroatoms. The summed E-state index contributed by atoms with van der Waals surface area (Å²) in [7, 11) is 0. The minimum atomic E-state index is 0.213. The van der Waals surface area contributed by atoms with Crippen LogP contribution in [0, 0.1) is 6.92 Å². The fraction of sp³-hybridized carbons (Fsp3) is 0.308. The maximum atomic E-state index is 5.64. The van der Waals surface area contributed by atoms with Gasteiger partial charge in [0.05, 0.1) is 6.10 Å². The highest BCUT2D eigenvalue weighted by Crippen LogP contribution is 2.22. The molecule has 0 saturated heterocycles. The first-order valence-corrected chi connectivity index (χ1v) is 5.19. The number of hydrogen-bond acceptors (Lipinski definition) is 2. The normalized spacial score (nSPS) is 10.9. The number of ether oxygens (including phenoxy) is 1. The van der Waals surface area contributed by atoms with Crippen molar-refractivity contribution in [3.8, 4) is 5.75 Å². The Hall–Kier alpha value is -1.57. The summed E-state index contributed by atoms with van der Waals surface area (Å²) in [5, 5.41) is 2.37. The predicted molar refractivity (Wildman–Crippen MR) is 62.2 cm³/mol. The fourth-order valence-electron chi connectivity index (χ4n) is 1.65. The first kappa shape index (κ1) is 9.97. The second-order valence-corrected chi connectivity index (χ2v) is 3.95. The van der Waals surface area contributed by atoms with Crippen molar-refractivity contribution in [3.05, 3.63) is 36.2 Å². The van der Waals surface area contributed by atoms with Crippen molar-refractivity contribution in [1.82, 2.24) is 4.98 Å². The maximum absolute atomic E-state index is 5.64. The molecule has 0 amide bonds. The molecule has 0 atom stereocenters. The van der Waals surface area contributed by atoms with Crippen molar-refractivity contribution >= 4 is 10.8 Å². The summed E-state index contributed by atoms with van der Waals surface area (Å²) in [6.07, 6.45) is 2.04. The summed E-state index contributed by atoms with van der Waals surface area (Å²) < 4.78 is 5.64. The van der Waals surface area contributed by atoms with E-state index in [0.717, 1.165) is 11.4 Å². The van der Waals surface area contributed by atoms with Crippen LogP contribution in [0.25, 0.3) is 10.8 Å². The molecule has 0 bridgehead atoms. The summed E-state index contributed by atoms with van der Waals surface area (Å²) in [5.41, 5.74) is 1.06. The third-order valence-electron chi connectivity index (χ3n) is 2.31. The third kappa shape index (κ3) is 2.09. The van der Waals surface area contributed by atoms with Gasteiger partial charge >= 0.3 is 0 Å². The van der Waals surface area contributed by atoms with Crippen molar-refractivity contribution in [1.29, 1.82) is 0 Å². The van der Waals surface area contributed by atoms with Gasteiger partial charge in [-0.25, -0.2) is 0 Å². The number of nitrogens with zero attached hydrogens (tertiary/aromatic N) is 1. The molecular weight excluding hydrogens is 186 g/mol. The molecule has 1 aromatic carbocycles. The van der Waals surface area contributed by atoms with Gasteiger partial charge in [0.15, 0.2) is 0 Å². The first-order valence-electron chi connectivity index (χ1n) is 5.19. The van der Waals surface area contributed by atoms with E-state index >= 15 is 0 Å². The van der Waals surface area contributed by atoms with Gasteiger partial charge in [0.25, 0.3) is 0 Å². The van der Waals surface area contributed by atoms with Gasteiger partial charge in [0, 0.05) is 17.3 Å². The Kier molecular flexibility index (Phi) is 2.58. The molecule has 78 valence electrons. The van der Waals surface area contributed by atoms with Crippen LogP contribution in [0.5, 0.6) is 5.75 Å². The SMILES string of the molecule is Cc1nccc2cc(OC(C)C)ccc12. The van der Waals surface area contributed by atoms with Crippen molar-refractivity contribution in [2.75, 3.05) is 0 Å². The molecule has 15 heavy (non-hydrogen) atoms. The number of benzene rings is 1. The zero-order chi connectivity index (χ0) is 10.8. The highest BCUT2D eigenvalue weighted by molar-refractivity contribution is 5.85. The maximum Gasteiger partial charge on any atom is 0.120 e. The van der Waals surface area contributed by atoms with Crippen LogP contribution in [0.4, 0.5) is 0 Å². The summed E-state index contributed by atoms with van der Waals surface area (Å²) in [4.78, 5) is 4.26. The molecule has 0 saturated carbocycles. The van der Waals surface area contributed by atoms with E-state index in [4.69, 9.17) is 4.74 Å². The van der Waals surface area contributed by atoms with Crippen LogP contribution in [0.3, 0.4) is 0 Å². The Balaban J connectivity index is 2.48. The number of hydrogen-bond donors (Lipinski definition) is 0. The van der Waals surface area contributed by atoms with E-state index in [2.05, 4.69) is 17.1 Å². The van der Waals surface area contributed by atoms with Crippen LogP contribution in [0.2, 0.25) is 0 Å². The molecule has 0 unspecified atom stereocenters. The Bertz CT molecular complexity index is 477. The summed E-state index contributed by atoms with van der Waals surface area (Å²) in [6, 6.07) is 8.13. The van der Waals surface area contributed by atoms with Crippen LogP contribution < -0.4 is 4.74 Å². The molecule has 0 aliphatic rings.